The predicted octanol–water partition coefficient (Wildman–Crippen LogP) is 5.37. The minimum Gasteiger partial charge on any atom is -0.486 e. The van der Waals surface area contributed by atoms with E-state index in [0.717, 1.165) is 58.6 Å². The molecule has 5 rings (SSSR count). The lowest BCUT2D eigenvalue weighted by Gasteiger charge is -2.30. The molecule has 5 nitrogen and oxygen atoms in total. The molecule has 0 aliphatic carbocycles. The molecule has 160 valence electrons. The predicted molar refractivity (Wildman–Crippen MR) is 125 cm³/mol. The number of likely N-dealkylation sites (tertiary alicyclic amines) is 1. The van der Waals surface area contributed by atoms with E-state index in [1.54, 1.807) is 28.7 Å². The van der Waals surface area contributed by atoms with Crippen LogP contribution in [0.15, 0.2) is 41.1 Å². The van der Waals surface area contributed by atoms with E-state index in [2.05, 4.69) is 23.8 Å². The van der Waals surface area contributed by atoms with Crippen molar-refractivity contribution in [2.75, 3.05) is 26.3 Å². The van der Waals surface area contributed by atoms with Crippen molar-refractivity contribution in [2.45, 2.75) is 25.7 Å². The zero-order valence-electron chi connectivity index (χ0n) is 17.4. The number of aryl methyl sites for hydroxylation is 1. The number of hydrogen-bond donors (Lipinski definition) is 0. The number of carbonyl (C=O) groups is 1. The van der Waals surface area contributed by atoms with Crippen molar-refractivity contribution in [2.24, 2.45) is 0 Å². The van der Waals surface area contributed by atoms with Gasteiger partial charge in [-0.15, -0.1) is 22.7 Å². The van der Waals surface area contributed by atoms with Crippen LogP contribution >= 0.6 is 22.7 Å². The molecule has 3 aromatic rings. The molecule has 0 saturated carbocycles. The van der Waals surface area contributed by atoms with Crippen LogP contribution in [0.3, 0.4) is 0 Å². The van der Waals surface area contributed by atoms with Crippen molar-refractivity contribution in [1.82, 2.24) is 9.88 Å². The molecule has 7 heteroatoms. The quantitative estimate of drug-likeness (QED) is 0.500. The number of ether oxygens (including phenoxy) is 2. The van der Waals surface area contributed by atoms with E-state index in [9.17, 15) is 4.79 Å². The highest BCUT2D eigenvalue weighted by Crippen LogP contribution is 2.37. The summed E-state index contributed by atoms with van der Waals surface area (Å²) in [6, 6.07) is 8.08. The Morgan fingerprint density at radius 3 is 2.71 bits per heavy atom. The summed E-state index contributed by atoms with van der Waals surface area (Å²) in [5.41, 5.74) is 3.24. The summed E-state index contributed by atoms with van der Waals surface area (Å²) in [7, 11) is 0. The molecule has 1 saturated heterocycles. The number of aromatic nitrogens is 1. The third-order valence-corrected chi connectivity index (χ3v) is 7.79. The number of amides is 1. The molecule has 2 aliphatic rings. The Hall–Kier alpha value is -2.64. The first-order valence-electron chi connectivity index (χ1n) is 10.5. The summed E-state index contributed by atoms with van der Waals surface area (Å²) in [5.74, 6) is 2.09. The molecule has 4 heterocycles. The number of nitrogens with zero attached hydrogens (tertiary/aromatic N) is 2. The van der Waals surface area contributed by atoms with Gasteiger partial charge in [-0.1, -0.05) is 0 Å². The van der Waals surface area contributed by atoms with Gasteiger partial charge in [0.15, 0.2) is 11.5 Å². The third-order valence-electron chi connectivity index (χ3n) is 5.79. The van der Waals surface area contributed by atoms with E-state index >= 15 is 0 Å². The molecule has 31 heavy (non-hydrogen) atoms. The van der Waals surface area contributed by atoms with Gasteiger partial charge < -0.3 is 14.4 Å². The van der Waals surface area contributed by atoms with Crippen LogP contribution in [-0.4, -0.2) is 42.1 Å². The normalized spacial score (nSPS) is 16.7. The molecular formula is C24H24N2O3S2. The van der Waals surface area contributed by atoms with Gasteiger partial charge in [-0.3, -0.25) is 4.79 Å². The fraction of sp³-hybridized carbons (Fsp3) is 0.333. The Bertz CT molecular complexity index is 1110. The minimum absolute atomic E-state index is 0.0994. The molecule has 0 bridgehead atoms. The van der Waals surface area contributed by atoms with Gasteiger partial charge in [0.05, 0.1) is 10.7 Å². The number of thiazole rings is 1. The Morgan fingerprint density at radius 2 is 1.94 bits per heavy atom. The molecule has 1 amide bonds. The second-order valence-corrected chi connectivity index (χ2v) is 9.67. The van der Waals surface area contributed by atoms with Gasteiger partial charge >= 0.3 is 0 Å². The fourth-order valence-electron chi connectivity index (χ4n) is 3.96. The number of rotatable bonds is 4. The zero-order chi connectivity index (χ0) is 21.2. The lowest BCUT2D eigenvalue weighted by Crippen LogP contribution is -2.36. The Labute approximate surface area is 190 Å². The molecule has 1 fully saturated rings. The van der Waals surface area contributed by atoms with E-state index in [4.69, 9.17) is 14.5 Å². The molecule has 0 N–H and O–H groups in total. The van der Waals surface area contributed by atoms with Crippen molar-refractivity contribution in [3.05, 3.63) is 56.5 Å². The van der Waals surface area contributed by atoms with E-state index < -0.39 is 0 Å². The monoisotopic (exact) mass is 452 g/mol. The first kappa shape index (κ1) is 20.3. The number of fused-ring (bicyclic) bond motifs is 1. The van der Waals surface area contributed by atoms with E-state index in [1.807, 2.05) is 29.2 Å². The maximum atomic E-state index is 12.6. The lowest BCUT2D eigenvalue weighted by atomic mass is 9.97. The van der Waals surface area contributed by atoms with Crippen LogP contribution in [0.5, 0.6) is 11.5 Å². The van der Waals surface area contributed by atoms with Gasteiger partial charge in [-0.25, -0.2) is 4.98 Å². The lowest BCUT2D eigenvalue weighted by molar-refractivity contribution is -0.126. The summed E-state index contributed by atoms with van der Waals surface area (Å²) >= 11 is 3.37. The third kappa shape index (κ3) is 4.38. The standard InChI is InChI=1S/C24H24N2O3S2/c1-16-8-13-30-22(16)4-5-23(27)26-9-6-17(7-10-26)24-25-19(15-31-24)18-2-3-20-21(14-18)29-12-11-28-20/h2-5,8,13-15,17H,6-7,9-12H2,1H3. The molecule has 0 radical (unpaired) electrons. The summed E-state index contributed by atoms with van der Waals surface area (Å²) in [4.78, 5) is 20.6. The number of piperidine rings is 1. The van der Waals surface area contributed by atoms with Gasteiger partial charge in [-0.2, -0.15) is 0 Å². The largest absolute Gasteiger partial charge is 0.486 e. The number of carbonyl (C=O) groups excluding carboxylic acids is 1. The molecule has 2 aromatic heterocycles. The molecule has 1 aromatic carbocycles. The molecule has 2 aliphatic heterocycles. The first-order chi connectivity index (χ1) is 15.2. The minimum atomic E-state index is 0.0994. The van der Waals surface area contributed by atoms with Crippen molar-refractivity contribution >= 4 is 34.7 Å². The van der Waals surface area contributed by atoms with Crippen LogP contribution in [-0.2, 0) is 4.79 Å². The summed E-state index contributed by atoms with van der Waals surface area (Å²) in [6.07, 6.45) is 5.55. The van der Waals surface area contributed by atoms with Crippen LogP contribution in [0, 0.1) is 6.92 Å². The van der Waals surface area contributed by atoms with Crippen LogP contribution in [0.2, 0.25) is 0 Å². The highest BCUT2D eigenvalue weighted by molar-refractivity contribution is 7.11. The number of benzene rings is 1. The fourth-order valence-corrected chi connectivity index (χ4v) is 5.78. The van der Waals surface area contributed by atoms with Crippen molar-refractivity contribution in [3.8, 4) is 22.8 Å². The van der Waals surface area contributed by atoms with Crippen molar-refractivity contribution < 1.29 is 14.3 Å². The van der Waals surface area contributed by atoms with E-state index in [1.165, 1.54) is 5.56 Å². The van der Waals surface area contributed by atoms with Crippen molar-refractivity contribution in [3.63, 3.8) is 0 Å². The van der Waals surface area contributed by atoms with Gasteiger partial charge in [-0.05, 0) is 61.1 Å². The van der Waals surface area contributed by atoms with Crippen molar-refractivity contribution in [1.29, 1.82) is 0 Å². The van der Waals surface area contributed by atoms with Gasteiger partial charge in [0.25, 0.3) is 0 Å². The topological polar surface area (TPSA) is 51.7 Å². The average molecular weight is 453 g/mol. The van der Waals surface area contributed by atoms with E-state index in [0.29, 0.717) is 19.1 Å². The zero-order valence-corrected chi connectivity index (χ0v) is 19.0. The summed E-state index contributed by atoms with van der Waals surface area (Å²) in [5, 5.41) is 5.32. The van der Waals surface area contributed by atoms with Crippen LogP contribution in [0.1, 0.15) is 34.2 Å². The average Bonchev–Trinajstić information content (AvgIpc) is 3.46. The molecule has 0 unspecified atom stereocenters. The number of hydrogen-bond acceptors (Lipinski definition) is 6. The van der Waals surface area contributed by atoms with Crippen LogP contribution in [0.4, 0.5) is 0 Å². The highest BCUT2D eigenvalue weighted by atomic mass is 32.1. The maximum Gasteiger partial charge on any atom is 0.246 e. The first-order valence-corrected chi connectivity index (χ1v) is 12.3. The van der Waals surface area contributed by atoms with Crippen LogP contribution in [0.25, 0.3) is 17.3 Å². The Kier molecular flexibility index (Phi) is 5.78. The summed E-state index contributed by atoms with van der Waals surface area (Å²) in [6.45, 7) is 4.79. The van der Waals surface area contributed by atoms with Gasteiger partial charge in [0.2, 0.25) is 5.91 Å². The van der Waals surface area contributed by atoms with Gasteiger partial charge in [0.1, 0.15) is 13.2 Å². The molecular weight excluding hydrogens is 428 g/mol. The van der Waals surface area contributed by atoms with E-state index in [-0.39, 0.29) is 5.91 Å². The van der Waals surface area contributed by atoms with Crippen LogP contribution < -0.4 is 9.47 Å². The Morgan fingerprint density at radius 1 is 1.13 bits per heavy atom. The summed E-state index contributed by atoms with van der Waals surface area (Å²) < 4.78 is 11.3. The van der Waals surface area contributed by atoms with Gasteiger partial charge in [0, 0.05) is 40.9 Å². The highest BCUT2D eigenvalue weighted by Gasteiger charge is 2.25. The smallest absolute Gasteiger partial charge is 0.246 e. The second-order valence-electron chi connectivity index (χ2n) is 7.83. The SMILES string of the molecule is Cc1ccsc1C=CC(=O)N1CCC(c2nc(-c3ccc4c(c3)OCCO4)cs2)CC1. The Balaban J connectivity index is 1.21. The number of thiophene rings is 1. The maximum absolute atomic E-state index is 12.6. The second kappa shape index (κ2) is 8.85. The molecule has 0 atom stereocenters. The molecule has 0 spiro atoms.